The lowest BCUT2D eigenvalue weighted by Gasteiger charge is -2.30. The van der Waals surface area contributed by atoms with Crippen molar-refractivity contribution < 1.29 is 28.2 Å². The fourth-order valence-corrected chi connectivity index (χ4v) is 3.97. The molecule has 8 heteroatoms. The fourth-order valence-electron chi connectivity index (χ4n) is 3.97. The maximum absolute atomic E-state index is 13.5. The van der Waals surface area contributed by atoms with Crippen molar-refractivity contribution in [3.63, 3.8) is 0 Å². The molecule has 4 rings (SSSR count). The summed E-state index contributed by atoms with van der Waals surface area (Å²) in [6, 6.07) is 18.8. The highest BCUT2D eigenvalue weighted by Crippen LogP contribution is 2.33. The van der Waals surface area contributed by atoms with Crippen LogP contribution < -0.4 is 9.47 Å². The van der Waals surface area contributed by atoms with Crippen LogP contribution in [0.3, 0.4) is 0 Å². The lowest BCUT2D eigenvalue weighted by atomic mass is 10.1. The quantitative estimate of drug-likeness (QED) is 0.397. The van der Waals surface area contributed by atoms with Gasteiger partial charge in [-0.2, -0.15) is 0 Å². The zero-order chi connectivity index (χ0) is 25.5. The minimum Gasteiger partial charge on any atom is -0.464 e. The Morgan fingerprint density at radius 2 is 1.69 bits per heavy atom. The Labute approximate surface area is 211 Å². The summed E-state index contributed by atoms with van der Waals surface area (Å²) in [5.74, 6) is 2.37. The normalized spacial score (nSPS) is 12.1. The third-order valence-corrected chi connectivity index (χ3v) is 5.89. The summed E-state index contributed by atoms with van der Waals surface area (Å²) in [4.78, 5) is 29.7. The molecular formula is C28H32N2O6. The minimum atomic E-state index is -0.230. The first-order valence-corrected chi connectivity index (χ1v) is 12.0. The van der Waals surface area contributed by atoms with Crippen molar-refractivity contribution in [1.29, 1.82) is 0 Å². The molecule has 2 aromatic carbocycles. The molecule has 1 aromatic heterocycles. The number of nitrogens with zero attached hydrogens (tertiary/aromatic N) is 2. The number of hydrogen-bond donors (Lipinski definition) is 0. The van der Waals surface area contributed by atoms with Crippen LogP contribution in [0.1, 0.15) is 36.5 Å². The van der Waals surface area contributed by atoms with E-state index < -0.39 is 0 Å². The van der Waals surface area contributed by atoms with Gasteiger partial charge in [-0.05, 0) is 56.2 Å². The summed E-state index contributed by atoms with van der Waals surface area (Å²) in [5.41, 5.74) is 1.88. The average Bonchev–Trinajstić information content (AvgIpc) is 3.50. The molecule has 0 aliphatic carbocycles. The molecule has 0 spiro atoms. The first-order valence-electron chi connectivity index (χ1n) is 12.0. The van der Waals surface area contributed by atoms with Gasteiger partial charge in [0.25, 0.3) is 0 Å². The van der Waals surface area contributed by atoms with Gasteiger partial charge in [-0.3, -0.25) is 9.59 Å². The van der Waals surface area contributed by atoms with Gasteiger partial charge < -0.3 is 28.4 Å². The van der Waals surface area contributed by atoms with Crippen LogP contribution >= 0.6 is 0 Å². The second kappa shape index (κ2) is 11.8. The number of rotatable bonds is 11. The Balaban J connectivity index is 1.43. The number of hydrogen-bond acceptors (Lipinski definition) is 6. The Morgan fingerprint density at radius 3 is 2.42 bits per heavy atom. The number of carbonyl (C=O) groups is 2. The van der Waals surface area contributed by atoms with E-state index in [0.29, 0.717) is 30.4 Å². The predicted molar refractivity (Wildman–Crippen MR) is 133 cm³/mol. The topological polar surface area (TPSA) is 81.5 Å². The van der Waals surface area contributed by atoms with Crippen molar-refractivity contribution >= 4 is 11.8 Å². The Bertz CT molecular complexity index is 1170. The van der Waals surface area contributed by atoms with Crippen molar-refractivity contribution in [3.05, 3.63) is 83.3 Å². The summed E-state index contributed by atoms with van der Waals surface area (Å²) >= 11 is 0. The van der Waals surface area contributed by atoms with Gasteiger partial charge >= 0.3 is 0 Å². The van der Waals surface area contributed by atoms with Gasteiger partial charge in [0.1, 0.15) is 24.7 Å². The number of aryl methyl sites for hydroxylation is 1. The van der Waals surface area contributed by atoms with Crippen LogP contribution in [0.25, 0.3) is 0 Å². The Morgan fingerprint density at radius 1 is 0.917 bits per heavy atom. The van der Waals surface area contributed by atoms with E-state index in [1.54, 1.807) is 9.80 Å². The first-order chi connectivity index (χ1) is 17.4. The van der Waals surface area contributed by atoms with Gasteiger partial charge in [0.2, 0.25) is 18.6 Å². The van der Waals surface area contributed by atoms with E-state index >= 15 is 0 Å². The number of benzene rings is 2. The average molecular weight is 493 g/mol. The van der Waals surface area contributed by atoms with Gasteiger partial charge in [-0.25, -0.2) is 0 Å². The van der Waals surface area contributed by atoms with Gasteiger partial charge in [0.05, 0.1) is 13.2 Å². The molecule has 8 nitrogen and oxygen atoms in total. The molecule has 0 N–H and O–H groups in total. The van der Waals surface area contributed by atoms with Gasteiger partial charge in [0.15, 0.2) is 11.5 Å². The summed E-state index contributed by atoms with van der Waals surface area (Å²) < 4.78 is 22.3. The second-order valence-corrected chi connectivity index (χ2v) is 9.04. The zero-order valence-electron chi connectivity index (χ0n) is 20.9. The lowest BCUT2D eigenvalue weighted by Crippen LogP contribution is -2.46. The second-order valence-electron chi connectivity index (χ2n) is 9.04. The number of fused-ring (bicyclic) bond motifs is 1. The van der Waals surface area contributed by atoms with Crippen LogP contribution in [0.5, 0.6) is 11.5 Å². The number of furan rings is 1. The van der Waals surface area contributed by atoms with E-state index in [4.69, 9.17) is 18.6 Å². The highest BCUT2D eigenvalue weighted by atomic mass is 16.7. The molecule has 0 bridgehead atoms. The van der Waals surface area contributed by atoms with E-state index in [-0.39, 0.29) is 44.3 Å². The van der Waals surface area contributed by atoms with Crippen molar-refractivity contribution in [1.82, 2.24) is 9.80 Å². The number of carbonyl (C=O) groups excluding carboxylic acids is 2. The highest BCUT2D eigenvalue weighted by Gasteiger charge is 2.25. The molecular weight excluding hydrogens is 460 g/mol. The number of ether oxygens (including phenoxy) is 3. The SMILES string of the molecule is Cc1ccc(CN(Cc2ccc3c(c2)OCO3)C(=O)CN(C(=O)COCc2ccccc2)C(C)C)o1. The molecule has 190 valence electrons. The van der Waals surface area contributed by atoms with Crippen LogP contribution in [0.4, 0.5) is 0 Å². The highest BCUT2D eigenvalue weighted by molar-refractivity contribution is 5.85. The van der Waals surface area contributed by atoms with E-state index in [0.717, 1.165) is 16.9 Å². The van der Waals surface area contributed by atoms with Gasteiger partial charge in [0, 0.05) is 12.6 Å². The predicted octanol–water partition coefficient (Wildman–Crippen LogP) is 4.30. The Kier molecular flexibility index (Phi) is 8.28. The minimum absolute atomic E-state index is 0.0601. The van der Waals surface area contributed by atoms with Crippen molar-refractivity contribution in [2.75, 3.05) is 19.9 Å². The van der Waals surface area contributed by atoms with Crippen LogP contribution in [-0.2, 0) is 34.0 Å². The van der Waals surface area contributed by atoms with Crippen molar-refractivity contribution in [3.8, 4) is 11.5 Å². The number of amides is 2. The summed E-state index contributed by atoms with van der Waals surface area (Å²) in [6.07, 6.45) is 0. The largest absolute Gasteiger partial charge is 0.464 e. The molecule has 1 aliphatic heterocycles. The molecule has 1 aliphatic rings. The van der Waals surface area contributed by atoms with Crippen molar-refractivity contribution in [2.45, 2.75) is 46.5 Å². The van der Waals surface area contributed by atoms with Crippen LogP contribution in [0.2, 0.25) is 0 Å². The molecule has 0 atom stereocenters. The standard InChI is InChI=1S/C28H32N2O6/c1-20(2)30(28(32)18-33-17-22-7-5-4-6-8-22)16-27(31)29(15-24-11-9-21(3)36-24)14-23-10-12-25-26(13-23)35-19-34-25/h4-13,20H,14-19H2,1-3H3. The molecule has 0 unspecified atom stereocenters. The van der Waals surface area contributed by atoms with Crippen LogP contribution in [0, 0.1) is 6.92 Å². The smallest absolute Gasteiger partial charge is 0.249 e. The van der Waals surface area contributed by atoms with E-state index in [9.17, 15) is 9.59 Å². The molecule has 3 aromatic rings. The van der Waals surface area contributed by atoms with E-state index in [1.807, 2.05) is 81.4 Å². The molecule has 0 radical (unpaired) electrons. The Hall–Kier alpha value is -3.78. The monoisotopic (exact) mass is 492 g/mol. The van der Waals surface area contributed by atoms with Gasteiger partial charge in [-0.1, -0.05) is 36.4 Å². The molecule has 2 heterocycles. The maximum atomic E-state index is 13.5. The zero-order valence-corrected chi connectivity index (χ0v) is 20.9. The molecule has 36 heavy (non-hydrogen) atoms. The molecule has 2 amide bonds. The third kappa shape index (κ3) is 6.66. The van der Waals surface area contributed by atoms with Crippen LogP contribution in [0.15, 0.2) is 65.1 Å². The van der Waals surface area contributed by atoms with E-state index in [2.05, 4.69) is 0 Å². The summed E-state index contributed by atoms with van der Waals surface area (Å²) in [5, 5.41) is 0. The lowest BCUT2D eigenvalue weighted by molar-refractivity contribution is -0.145. The third-order valence-electron chi connectivity index (χ3n) is 5.89. The van der Waals surface area contributed by atoms with Crippen molar-refractivity contribution in [2.24, 2.45) is 0 Å². The summed E-state index contributed by atoms with van der Waals surface area (Å²) in [7, 11) is 0. The summed E-state index contributed by atoms with van der Waals surface area (Å²) in [6.45, 7) is 6.62. The molecule has 0 saturated heterocycles. The first kappa shape index (κ1) is 25.3. The van der Waals surface area contributed by atoms with Gasteiger partial charge in [-0.15, -0.1) is 0 Å². The fraction of sp³-hybridized carbons (Fsp3) is 0.357. The maximum Gasteiger partial charge on any atom is 0.249 e. The molecule has 0 saturated carbocycles. The molecule has 0 fully saturated rings. The van der Waals surface area contributed by atoms with E-state index in [1.165, 1.54) is 0 Å². The van der Waals surface area contributed by atoms with Crippen LogP contribution in [-0.4, -0.2) is 47.6 Å².